The molecule has 1 radical (unpaired) electrons. The summed E-state index contributed by atoms with van der Waals surface area (Å²) in [5.41, 5.74) is 0. The van der Waals surface area contributed by atoms with E-state index in [1.807, 2.05) is 0 Å². The molecule has 57 valence electrons. The number of terminal acetylenes is 1. The van der Waals surface area contributed by atoms with Gasteiger partial charge >= 0.3 is 0 Å². The molecule has 0 aromatic rings. The van der Waals surface area contributed by atoms with Crippen LogP contribution in [0.3, 0.4) is 0 Å². The lowest BCUT2D eigenvalue weighted by molar-refractivity contribution is 0.709. The van der Waals surface area contributed by atoms with Gasteiger partial charge in [0.05, 0.1) is 0 Å². The van der Waals surface area contributed by atoms with Crippen molar-refractivity contribution in [1.82, 2.24) is 0 Å². The first-order valence-electron chi connectivity index (χ1n) is 3.15. The summed E-state index contributed by atoms with van der Waals surface area (Å²) >= 11 is 11.8. The van der Waals surface area contributed by atoms with Gasteiger partial charge in [-0.25, -0.2) is 0 Å². The predicted octanol–water partition coefficient (Wildman–Crippen LogP) is 2.74. The second-order valence-corrected chi connectivity index (χ2v) is 3.44. The molecule has 0 saturated heterocycles. The van der Waals surface area contributed by atoms with Crippen molar-refractivity contribution in [3.05, 3.63) is 30.2 Å². The third kappa shape index (κ3) is 1.45. The third-order valence-electron chi connectivity index (χ3n) is 1.66. The number of allylic oxidation sites excluding steroid dienone is 4. The number of alkyl halides is 1. The van der Waals surface area contributed by atoms with Gasteiger partial charge in [0.2, 0.25) is 0 Å². The Balaban J connectivity index is 3.00. The lowest BCUT2D eigenvalue weighted by Crippen LogP contribution is -2.27. The summed E-state index contributed by atoms with van der Waals surface area (Å²) in [6.07, 6.45) is 10.4. The third-order valence-corrected chi connectivity index (χ3v) is 2.54. The van der Waals surface area contributed by atoms with E-state index in [1.54, 1.807) is 18.2 Å². The summed E-state index contributed by atoms with van der Waals surface area (Å²) in [5, 5.41) is 0.598. The highest BCUT2D eigenvalue weighted by Crippen LogP contribution is 2.36. The zero-order valence-corrected chi connectivity index (χ0v) is 7.36. The Morgan fingerprint density at radius 3 is 2.82 bits per heavy atom. The van der Waals surface area contributed by atoms with E-state index in [-0.39, 0.29) is 5.92 Å². The van der Waals surface area contributed by atoms with E-state index in [2.05, 4.69) is 12.8 Å². The Hall–Kier alpha value is -0.380. The number of hydrogen-bond acceptors (Lipinski definition) is 0. The van der Waals surface area contributed by atoms with Crippen LogP contribution in [0, 0.1) is 25.2 Å². The molecular formula is C9H7Cl2. The van der Waals surface area contributed by atoms with Crippen molar-refractivity contribution >= 4 is 23.2 Å². The van der Waals surface area contributed by atoms with Crippen LogP contribution in [0.1, 0.15) is 0 Å². The zero-order valence-electron chi connectivity index (χ0n) is 5.85. The molecule has 0 aliphatic heterocycles. The lowest BCUT2D eigenvalue weighted by Gasteiger charge is -2.26. The smallest absolute Gasteiger partial charge is 0.118 e. The van der Waals surface area contributed by atoms with Crippen LogP contribution in [-0.2, 0) is 0 Å². The summed E-state index contributed by atoms with van der Waals surface area (Å²) in [6.45, 7) is 3.78. The van der Waals surface area contributed by atoms with Crippen molar-refractivity contribution in [3.8, 4) is 12.3 Å². The SMILES string of the molecule is C#CC1(Cl)C=CC=C(Cl)C1[CH2]. The van der Waals surface area contributed by atoms with E-state index < -0.39 is 4.87 Å². The minimum absolute atomic E-state index is 0.249. The first-order chi connectivity index (χ1) is 5.10. The molecule has 11 heavy (non-hydrogen) atoms. The largest absolute Gasteiger partial charge is 0.131 e. The van der Waals surface area contributed by atoms with Crippen LogP contribution >= 0.6 is 23.2 Å². The summed E-state index contributed by atoms with van der Waals surface area (Å²) in [7, 11) is 0. The van der Waals surface area contributed by atoms with Gasteiger partial charge in [-0.3, -0.25) is 0 Å². The topological polar surface area (TPSA) is 0 Å². The molecule has 1 rings (SSSR count). The van der Waals surface area contributed by atoms with Crippen molar-refractivity contribution < 1.29 is 0 Å². The maximum Gasteiger partial charge on any atom is 0.131 e. The average molecular weight is 186 g/mol. The van der Waals surface area contributed by atoms with Crippen molar-refractivity contribution in [2.75, 3.05) is 0 Å². The van der Waals surface area contributed by atoms with Crippen LogP contribution in [0.5, 0.6) is 0 Å². The van der Waals surface area contributed by atoms with Gasteiger partial charge in [-0.15, -0.1) is 6.42 Å². The van der Waals surface area contributed by atoms with Gasteiger partial charge in [0.25, 0.3) is 0 Å². The maximum absolute atomic E-state index is 5.99. The van der Waals surface area contributed by atoms with E-state index in [0.29, 0.717) is 5.03 Å². The second-order valence-electron chi connectivity index (χ2n) is 2.38. The number of hydrogen-bond donors (Lipinski definition) is 0. The van der Waals surface area contributed by atoms with Crippen LogP contribution in [0.15, 0.2) is 23.3 Å². The van der Waals surface area contributed by atoms with Crippen LogP contribution in [-0.4, -0.2) is 4.87 Å². The minimum Gasteiger partial charge on any atom is -0.118 e. The molecule has 1 aliphatic rings. The van der Waals surface area contributed by atoms with Crippen LogP contribution in [0.4, 0.5) is 0 Å². The quantitative estimate of drug-likeness (QED) is 0.403. The normalized spacial score (nSPS) is 36.2. The van der Waals surface area contributed by atoms with Crippen molar-refractivity contribution in [1.29, 1.82) is 0 Å². The highest BCUT2D eigenvalue weighted by molar-refractivity contribution is 6.33. The van der Waals surface area contributed by atoms with Gasteiger partial charge in [0.15, 0.2) is 0 Å². The number of halogens is 2. The monoisotopic (exact) mass is 185 g/mol. The van der Waals surface area contributed by atoms with E-state index in [4.69, 9.17) is 29.6 Å². The first-order valence-corrected chi connectivity index (χ1v) is 3.90. The molecular weight excluding hydrogens is 179 g/mol. The summed E-state index contributed by atoms with van der Waals surface area (Å²) < 4.78 is 0. The van der Waals surface area contributed by atoms with Gasteiger partial charge < -0.3 is 0 Å². The average Bonchev–Trinajstić information content (AvgIpc) is 2.00. The zero-order chi connectivity index (χ0) is 8.48. The molecule has 2 atom stereocenters. The Morgan fingerprint density at radius 1 is 1.73 bits per heavy atom. The molecule has 0 saturated carbocycles. The fourth-order valence-corrected chi connectivity index (χ4v) is 1.35. The summed E-state index contributed by atoms with van der Waals surface area (Å²) in [6, 6.07) is 0. The van der Waals surface area contributed by atoms with Gasteiger partial charge in [0, 0.05) is 11.0 Å². The summed E-state index contributed by atoms with van der Waals surface area (Å²) in [4.78, 5) is -0.841. The van der Waals surface area contributed by atoms with Crippen molar-refractivity contribution in [3.63, 3.8) is 0 Å². The molecule has 2 heteroatoms. The Morgan fingerprint density at radius 2 is 2.36 bits per heavy atom. The van der Waals surface area contributed by atoms with Gasteiger partial charge in [0.1, 0.15) is 4.87 Å². The van der Waals surface area contributed by atoms with E-state index >= 15 is 0 Å². The lowest BCUT2D eigenvalue weighted by atomic mass is 9.89. The molecule has 0 nitrogen and oxygen atoms in total. The fraction of sp³-hybridized carbons (Fsp3) is 0.222. The molecule has 1 aliphatic carbocycles. The first kappa shape index (κ1) is 8.71. The van der Waals surface area contributed by atoms with Crippen molar-refractivity contribution in [2.24, 2.45) is 5.92 Å². The van der Waals surface area contributed by atoms with Crippen LogP contribution in [0.2, 0.25) is 0 Å². The molecule has 0 aromatic heterocycles. The highest BCUT2D eigenvalue weighted by atomic mass is 35.5. The molecule has 0 aromatic carbocycles. The molecule has 0 fully saturated rings. The van der Waals surface area contributed by atoms with Crippen LogP contribution < -0.4 is 0 Å². The Bertz CT molecular complexity index is 257. The molecule has 0 bridgehead atoms. The Kier molecular flexibility index (Phi) is 2.32. The standard InChI is InChI=1S/C9H7Cl2/c1-3-9(11)6-4-5-8(10)7(9)2/h1,4-7H,2H2. The van der Waals surface area contributed by atoms with Gasteiger partial charge in [-0.2, -0.15) is 0 Å². The Labute approximate surface area is 76.9 Å². The predicted molar refractivity (Wildman–Crippen MR) is 49.3 cm³/mol. The van der Waals surface area contributed by atoms with Crippen molar-refractivity contribution in [2.45, 2.75) is 4.87 Å². The fourth-order valence-electron chi connectivity index (χ4n) is 0.862. The molecule has 0 N–H and O–H groups in total. The van der Waals surface area contributed by atoms with E-state index in [9.17, 15) is 0 Å². The maximum atomic E-state index is 5.99. The molecule has 0 spiro atoms. The minimum atomic E-state index is -0.841. The molecule has 0 heterocycles. The summed E-state index contributed by atoms with van der Waals surface area (Å²) in [5.74, 6) is 2.20. The molecule has 2 unspecified atom stereocenters. The van der Waals surface area contributed by atoms with E-state index in [1.165, 1.54) is 0 Å². The van der Waals surface area contributed by atoms with E-state index in [0.717, 1.165) is 0 Å². The van der Waals surface area contributed by atoms with Gasteiger partial charge in [-0.1, -0.05) is 41.3 Å². The molecule has 0 amide bonds. The highest BCUT2D eigenvalue weighted by Gasteiger charge is 2.32. The van der Waals surface area contributed by atoms with Gasteiger partial charge in [-0.05, 0) is 13.0 Å². The van der Waals surface area contributed by atoms with Crippen LogP contribution in [0.25, 0.3) is 0 Å². The number of rotatable bonds is 0. The second kappa shape index (κ2) is 2.93.